The van der Waals surface area contributed by atoms with Crippen molar-refractivity contribution in [3.63, 3.8) is 0 Å². The topological polar surface area (TPSA) is 79.5 Å². The molecule has 1 unspecified atom stereocenters. The normalized spacial score (nSPS) is 12.3. The van der Waals surface area contributed by atoms with Gasteiger partial charge in [-0.2, -0.15) is 0 Å². The van der Waals surface area contributed by atoms with Crippen molar-refractivity contribution < 1.29 is 14.9 Å². The van der Waals surface area contributed by atoms with Crippen LogP contribution in [-0.2, 0) is 13.0 Å². The number of benzene rings is 2. The van der Waals surface area contributed by atoms with Crippen molar-refractivity contribution >= 4 is 17.0 Å². The molecule has 26 heavy (non-hydrogen) atoms. The minimum atomic E-state index is -0.687. The van der Waals surface area contributed by atoms with Gasteiger partial charge in [-0.3, -0.25) is 0 Å². The van der Waals surface area contributed by atoms with Crippen LogP contribution in [0.4, 0.5) is 5.95 Å². The van der Waals surface area contributed by atoms with Crippen LogP contribution < -0.4 is 10.1 Å². The van der Waals surface area contributed by atoms with Crippen molar-refractivity contribution in [3.05, 3.63) is 54.1 Å². The van der Waals surface area contributed by atoms with Crippen LogP contribution in [0, 0.1) is 0 Å². The van der Waals surface area contributed by atoms with Gasteiger partial charge in [0.15, 0.2) is 0 Å². The highest BCUT2D eigenvalue weighted by atomic mass is 16.5. The van der Waals surface area contributed by atoms with Crippen molar-refractivity contribution in [2.45, 2.75) is 26.0 Å². The van der Waals surface area contributed by atoms with Crippen LogP contribution in [-0.4, -0.2) is 45.6 Å². The number of hydrogen-bond donors (Lipinski definition) is 3. The molecule has 0 saturated heterocycles. The van der Waals surface area contributed by atoms with Gasteiger partial charge in [0.1, 0.15) is 18.5 Å². The summed E-state index contributed by atoms with van der Waals surface area (Å²) in [5.74, 6) is 1.39. The largest absolute Gasteiger partial charge is 0.491 e. The quantitative estimate of drug-likeness (QED) is 0.549. The van der Waals surface area contributed by atoms with Crippen LogP contribution >= 0.6 is 0 Å². The van der Waals surface area contributed by atoms with Gasteiger partial charge < -0.3 is 24.8 Å². The van der Waals surface area contributed by atoms with Crippen molar-refractivity contribution in [3.8, 4) is 5.75 Å². The molecule has 6 heteroatoms. The van der Waals surface area contributed by atoms with Crippen LogP contribution in [0.2, 0.25) is 0 Å². The zero-order chi connectivity index (χ0) is 18.4. The lowest BCUT2D eigenvalue weighted by atomic mass is 10.2. The van der Waals surface area contributed by atoms with E-state index in [1.165, 1.54) is 5.56 Å². The first-order valence-corrected chi connectivity index (χ1v) is 8.91. The van der Waals surface area contributed by atoms with Gasteiger partial charge >= 0.3 is 0 Å². The summed E-state index contributed by atoms with van der Waals surface area (Å²) < 4.78 is 7.67. The molecule has 6 nitrogen and oxygen atoms in total. The lowest BCUT2D eigenvalue weighted by molar-refractivity contribution is 0.0938. The second-order valence-corrected chi connectivity index (χ2v) is 6.15. The first kappa shape index (κ1) is 18.2. The minimum Gasteiger partial charge on any atom is -0.491 e. The molecule has 0 saturated carbocycles. The Hall–Kier alpha value is -2.57. The third kappa shape index (κ3) is 4.33. The fourth-order valence-electron chi connectivity index (χ4n) is 2.87. The Bertz CT molecular complexity index is 847. The maximum Gasteiger partial charge on any atom is 0.204 e. The summed E-state index contributed by atoms with van der Waals surface area (Å²) in [5, 5.41) is 22.6. The van der Waals surface area contributed by atoms with E-state index in [-0.39, 0.29) is 13.2 Å². The lowest BCUT2D eigenvalue weighted by Crippen LogP contribution is -2.25. The molecule has 0 bridgehead atoms. The highest BCUT2D eigenvalue weighted by Gasteiger charge is 2.14. The van der Waals surface area contributed by atoms with E-state index in [9.17, 15) is 5.11 Å². The number of para-hydroxylation sites is 2. The second kappa shape index (κ2) is 8.69. The fraction of sp³-hybridized carbons (Fsp3) is 0.350. The van der Waals surface area contributed by atoms with Gasteiger partial charge in [0, 0.05) is 6.54 Å². The number of anilines is 1. The predicted octanol–water partition coefficient (Wildman–Crippen LogP) is 2.44. The Balaban J connectivity index is 1.70. The van der Waals surface area contributed by atoms with E-state index >= 15 is 0 Å². The molecular formula is C20H25N3O3. The van der Waals surface area contributed by atoms with Crippen molar-refractivity contribution in [2.75, 3.05) is 25.1 Å². The molecule has 3 aromatic rings. The molecular weight excluding hydrogens is 330 g/mol. The number of aliphatic hydroxyl groups excluding tert-OH is 2. The maximum atomic E-state index is 10.5. The van der Waals surface area contributed by atoms with Crippen molar-refractivity contribution in [1.82, 2.24) is 9.55 Å². The van der Waals surface area contributed by atoms with E-state index in [0.29, 0.717) is 19.0 Å². The zero-order valence-electron chi connectivity index (χ0n) is 14.9. The second-order valence-electron chi connectivity index (χ2n) is 6.15. The lowest BCUT2D eigenvalue weighted by Gasteiger charge is -2.16. The number of ether oxygens (including phenoxy) is 1. The van der Waals surface area contributed by atoms with Gasteiger partial charge in [-0.05, 0) is 36.2 Å². The van der Waals surface area contributed by atoms with E-state index in [1.54, 1.807) is 0 Å². The highest BCUT2D eigenvalue weighted by Crippen LogP contribution is 2.20. The monoisotopic (exact) mass is 355 g/mol. The Morgan fingerprint density at radius 1 is 1.19 bits per heavy atom. The molecule has 1 heterocycles. The molecule has 0 radical (unpaired) electrons. The molecule has 0 fully saturated rings. The summed E-state index contributed by atoms with van der Waals surface area (Å²) in [7, 11) is 0. The summed E-state index contributed by atoms with van der Waals surface area (Å²) in [6.45, 7) is 3.06. The minimum absolute atomic E-state index is 0.0165. The van der Waals surface area contributed by atoms with Crippen LogP contribution in [0.15, 0.2) is 48.5 Å². The summed E-state index contributed by atoms with van der Waals surface area (Å²) in [5.41, 5.74) is 2.98. The zero-order valence-corrected chi connectivity index (χ0v) is 14.9. The standard InChI is InChI=1S/C20H25N3O3/c1-2-15-6-5-7-17(12-15)26-14-16(25)13-23-19-9-4-3-8-18(19)22-20(23)21-10-11-24/h3-9,12,16,24-25H,2,10-11,13-14H2,1H3,(H,21,22). The van der Waals surface area contributed by atoms with E-state index < -0.39 is 6.10 Å². The van der Waals surface area contributed by atoms with E-state index in [4.69, 9.17) is 9.84 Å². The molecule has 0 amide bonds. The molecule has 0 aliphatic carbocycles. The van der Waals surface area contributed by atoms with Gasteiger partial charge in [0.2, 0.25) is 5.95 Å². The van der Waals surface area contributed by atoms with Gasteiger partial charge in [0.05, 0.1) is 24.2 Å². The van der Waals surface area contributed by atoms with E-state index in [1.807, 2.05) is 47.0 Å². The number of imidazole rings is 1. The number of aliphatic hydroxyl groups is 2. The third-order valence-corrected chi connectivity index (χ3v) is 4.19. The number of nitrogens with zero attached hydrogens (tertiary/aromatic N) is 2. The van der Waals surface area contributed by atoms with Crippen molar-refractivity contribution in [1.29, 1.82) is 0 Å². The van der Waals surface area contributed by atoms with Gasteiger partial charge in [-0.15, -0.1) is 0 Å². The van der Waals surface area contributed by atoms with Gasteiger partial charge in [-0.25, -0.2) is 4.98 Å². The van der Waals surface area contributed by atoms with E-state index in [2.05, 4.69) is 23.3 Å². The van der Waals surface area contributed by atoms with Crippen LogP contribution in [0.5, 0.6) is 5.75 Å². The number of fused-ring (bicyclic) bond motifs is 1. The fourth-order valence-corrected chi connectivity index (χ4v) is 2.87. The predicted molar refractivity (Wildman–Crippen MR) is 103 cm³/mol. The smallest absolute Gasteiger partial charge is 0.204 e. The van der Waals surface area contributed by atoms with Crippen LogP contribution in [0.3, 0.4) is 0 Å². The Morgan fingerprint density at radius 2 is 2.04 bits per heavy atom. The number of nitrogens with one attached hydrogen (secondary N) is 1. The third-order valence-electron chi connectivity index (χ3n) is 4.19. The molecule has 2 aromatic carbocycles. The summed E-state index contributed by atoms with van der Waals surface area (Å²) in [6.07, 6.45) is 0.258. The van der Waals surface area contributed by atoms with Crippen LogP contribution in [0.25, 0.3) is 11.0 Å². The maximum absolute atomic E-state index is 10.5. The number of hydrogen-bond acceptors (Lipinski definition) is 5. The van der Waals surface area contributed by atoms with Crippen LogP contribution in [0.1, 0.15) is 12.5 Å². The number of aromatic nitrogens is 2. The average molecular weight is 355 g/mol. The Kier molecular flexibility index (Phi) is 6.09. The molecule has 0 aliphatic heterocycles. The number of aryl methyl sites for hydroxylation is 1. The summed E-state index contributed by atoms with van der Waals surface area (Å²) in [6, 6.07) is 15.7. The first-order valence-electron chi connectivity index (χ1n) is 8.91. The Labute approximate surface area is 153 Å². The molecule has 3 N–H and O–H groups in total. The summed E-state index contributed by atoms with van der Waals surface area (Å²) in [4.78, 5) is 4.53. The van der Waals surface area contributed by atoms with E-state index in [0.717, 1.165) is 23.2 Å². The Morgan fingerprint density at radius 3 is 2.85 bits per heavy atom. The molecule has 138 valence electrons. The molecule has 1 aromatic heterocycles. The molecule has 1 atom stereocenters. The van der Waals surface area contributed by atoms with Gasteiger partial charge in [-0.1, -0.05) is 31.2 Å². The molecule has 0 spiro atoms. The van der Waals surface area contributed by atoms with Crippen molar-refractivity contribution in [2.24, 2.45) is 0 Å². The van der Waals surface area contributed by atoms with Gasteiger partial charge in [0.25, 0.3) is 0 Å². The summed E-state index contributed by atoms with van der Waals surface area (Å²) >= 11 is 0. The SMILES string of the molecule is CCc1cccc(OCC(O)Cn2c(NCCO)nc3ccccc32)c1. The first-order chi connectivity index (χ1) is 12.7. The molecule has 3 rings (SSSR count). The number of rotatable bonds is 9. The highest BCUT2D eigenvalue weighted by molar-refractivity contribution is 5.78. The average Bonchev–Trinajstić information content (AvgIpc) is 3.02. The molecule has 0 aliphatic rings.